The molecule has 16 aromatic rings. The molecule has 0 N–H and O–H groups in total. The van der Waals surface area contributed by atoms with E-state index in [9.17, 15) is 0 Å². The molecule has 6 aromatic heterocycles. The third-order valence-corrected chi connectivity index (χ3v) is 16.3. The fourth-order valence-electron chi connectivity index (χ4n) is 13.0. The molecule has 6 heteroatoms. The molecule has 0 unspecified atom stereocenters. The van der Waals surface area contributed by atoms with E-state index in [1.165, 1.54) is 32.3 Å². The summed E-state index contributed by atoms with van der Waals surface area (Å²) in [6.07, 6.45) is 11.6. The van der Waals surface area contributed by atoms with E-state index >= 15 is 0 Å². The number of para-hydroxylation sites is 6. The highest BCUT2D eigenvalue weighted by atomic mass is 15.0. The van der Waals surface area contributed by atoms with Crippen molar-refractivity contribution in [3.05, 3.63) is 292 Å². The molecular weight excluding hydrogens is 985 g/mol. The summed E-state index contributed by atoms with van der Waals surface area (Å²) in [6.45, 7) is 0. The number of hydrogen-bond acceptors (Lipinski definition) is 3. The minimum atomic E-state index is 1.05. The van der Waals surface area contributed by atoms with E-state index in [2.05, 4.69) is 283 Å². The lowest BCUT2D eigenvalue weighted by Gasteiger charge is -2.29. The Balaban J connectivity index is 1.11. The van der Waals surface area contributed by atoms with E-state index in [0.717, 1.165) is 117 Å². The van der Waals surface area contributed by atoms with E-state index in [-0.39, 0.29) is 0 Å². The Morgan fingerprint density at radius 3 is 0.704 bits per heavy atom. The van der Waals surface area contributed by atoms with Crippen LogP contribution in [0.2, 0.25) is 0 Å². The van der Waals surface area contributed by atoms with Crippen LogP contribution in [0.3, 0.4) is 0 Å². The number of benzene rings is 10. The molecule has 0 fully saturated rings. The van der Waals surface area contributed by atoms with Crippen LogP contribution in [0.25, 0.3) is 149 Å². The molecule has 0 bridgehead atoms. The van der Waals surface area contributed by atoms with Crippen LogP contribution in [0.15, 0.2) is 292 Å². The van der Waals surface area contributed by atoms with Crippen LogP contribution >= 0.6 is 0 Å². The van der Waals surface area contributed by atoms with Gasteiger partial charge in [0.25, 0.3) is 0 Å². The number of pyridine rings is 3. The maximum Gasteiger partial charge on any atom is 0.0541 e. The van der Waals surface area contributed by atoms with Gasteiger partial charge in [-0.05, 0) is 194 Å². The Morgan fingerprint density at radius 2 is 0.420 bits per heavy atom. The number of hydrogen-bond donors (Lipinski definition) is 0. The van der Waals surface area contributed by atoms with E-state index in [4.69, 9.17) is 0 Å². The van der Waals surface area contributed by atoms with Crippen molar-refractivity contribution in [2.24, 2.45) is 0 Å². The van der Waals surface area contributed by atoms with Gasteiger partial charge in [-0.25, -0.2) is 0 Å². The van der Waals surface area contributed by atoms with E-state index < -0.39 is 0 Å². The maximum absolute atomic E-state index is 4.67. The molecule has 0 amide bonds. The first-order valence-electron chi connectivity index (χ1n) is 27.5. The molecule has 0 saturated carbocycles. The van der Waals surface area contributed by atoms with Gasteiger partial charge in [0.15, 0.2) is 0 Å². The Kier molecular flexibility index (Phi) is 10.8. The van der Waals surface area contributed by atoms with Gasteiger partial charge in [-0.3, -0.25) is 15.0 Å². The van der Waals surface area contributed by atoms with Crippen molar-refractivity contribution in [1.82, 2.24) is 28.7 Å². The molecule has 0 aliphatic rings. The van der Waals surface area contributed by atoms with Crippen LogP contribution in [-0.4, -0.2) is 28.7 Å². The lowest BCUT2D eigenvalue weighted by Crippen LogP contribution is -2.03. The summed E-state index contributed by atoms with van der Waals surface area (Å²) < 4.78 is 7.19. The van der Waals surface area contributed by atoms with Crippen molar-refractivity contribution in [3.63, 3.8) is 0 Å². The average molecular weight is 1030 g/mol. The smallest absolute Gasteiger partial charge is 0.0541 e. The molecule has 6 heterocycles. The second-order valence-corrected chi connectivity index (χ2v) is 20.7. The first kappa shape index (κ1) is 46.2. The van der Waals surface area contributed by atoms with Crippen LogP contribution in [0.5, 0.6) is 0 Å². The quantitative estimate of drug-likeness (QED) is 0.145. The molecule has 10 aromatic carbocycles. The Labute approximate surface area is 467 Å². The molecule has 0 aliphatic heterocycles. The summed E-state index contributed by atoms with van der Waals surface area (Å²) >= 11 is 0. The molecule has 16 rings (SSSR count). The molecule has 0 atom stereocenters. The van der Waals surface area contributed by atoms with Crippen molar-refractivity contribution < 1.29 is 0 Å². The normalized spacial score (nSPS) is 11.7. The van der Waals surface area contributed by atoms with Gasteiger partial charge >= 0.3 is 0 Å². The lowest BCUT2D eigenvalue weighted by atomic mass is 9.74. The summed E-state index contributed by atoms with van der Waals surface area (Å²) in [6, 6.07) is 93.0. The zero-order valence-corrected chi connectivity index (χ0v) is 43.9. The second kappa shape index (κ2) is 18.9. The standard InChI is InChI=1S/C75H48N6/c1-4-16-55(17-5-1)79-64-25-13-10-22-58(64)61-46-52(28-31-67(61)79)73-70(49-34-40-76-41-35-49)74(53-29-32-68-62(47-53)59-23-11-14-26-65(59)80(68)56-18-6-2-7-19-56)72(51-38-44-78-45-39-51)75(71(73)50-36-42-77-43-37-50)54-30-33-69-63(48-54)60-24-12-15-27-66(60)81(69)57-20-8-3-9-21-57/h1-48H. The predicted octanol–water partition coefficient (Wildman–Crippen LogP) is 19.2. The number of fused-ring (bicyclic) bond motifs is 9. The first-order chi connectivity index (χ1) is 40.2. The molecular formula is C75H48N6. The van der Waals surface area contributed by atoms with Crippen LogP contribution in [0.1, 0.15) is 0 Å². The van der Waals surface area contributed by atoms with Gasteiger partial charge in [0, 0.05) is 86.6 Å². The predicted molar refractivity (Wildman–Crippen MR) is 335 cm³/mol. The first-order valence-corrected chi connectivity index (χ1v) is 27.5. The number of rotatable bonds is 9. The Morgan fingerprint density at radius 1 is 0.185 bits per heavy atom. The van der Waals surface area contributed by atoms with Gasteiger partial charge < -0.3 is 13.7 Å². The molecule has 81 heavy (non-hydrogen) atoms. The third kappa shape index (κ3) is 7.38. The summed E-state index contributed by atoms with van der Waals surface area (Å²) in [5.41, 5.74) is 23.2. The van der Waals surface area contributed by atoms with Crippen molar-refractivity contribution in [3.8, 4) is 83.8 Å². The molecule has 6 nitrogen and oxygen atoms in total. The van der Waals surface area contributed by atoms with E-state index in [1.807, 2.05) is 37.2 Å². The Hall–Kier alpha value is -11.0. The molecule has 0 saturated heterocycles. The van der Waals surface area contributed by atoms with Crippen molar-refractivity contribution in [2.45, 2.75) is 0 Å². The van der Waals surface area contributed by atoms with Crippen LogP contribution in [-0.2, 0) is 0 Å². The lowest BCUT2D eigenvalue weighted by molar-refractivity contribution is 1.18. The van der Waals surface area contributed by atoms with Crippen LogP contribution in [0, 0.1) is 0 Å². The van der Waals surface area contributed by atoms with Gasteiger partial charge in [0.05, 0.1) is 33.1 Å². The average Bonchev–Trinajstić information content (AvgIpc) is 3.83. The summed E-state index contributed by atoms with van der Waals surface area (Å²) in [4.78, 5) is 14.0. The summed E-state index contributed by atoms with van der Waals surface area (Å²) in [7, 11) is 0. The molecule has 0 radical (unpaired) electrons. The third-order valence-electron chi connectivity index (χ3n) is 16.3. The highest BCUT2D eigenvalue weighted by molar-refractivity contribution is 6.20. The fraction of sp³-hybridized carbons (Fsp3) is 0. The van der Waals surface area contributed by atoms with E-state index in [1.54, 1.807) is 0 Å². The zero-order valence-electron chi connectivity index (χ0n) is 43.9. The van der Waals surface area contributed by atoms with Gasteiger partial charge in [-0.15, -0.1) is 0 Å². The van der Waals surface area contributed by atoms with Crippen molar-refractivity contribution in [2.75, 3.05) is 0 Å². The van der Waals surface area contributed by atoms with Gasteiger partial charge in [0.1, 0.15) is 0 Å². The van der Waals surface area contributed by atoms with Crippen molar-refractivity contribution >= 4 is 65.4 Å². The molecule has 378 valence electrons. The minimum absolute atomic E-state index is 1.05. The monoisotopic (exact) mass is 1030 g/mol. The summed E-state index contributed by atoms with van der Waals surface area (Å²) in [5.74, 6) is 0. The number of aromatic nitrogens is 6. The largest absolute Gasteiger partial charge is 0.309 e. The molecule has 0 spiro atoms. The highest BCUT2D eigenvalue weighted by Crippen LogP contribution is 2.57. The Bertz CT molecular complexity index is 4530. The van der Waals surface area contributed by atoms with Gasteiger partial charge in [-0.2, -0.15) is 0 Å². The maximum atomic E-state index is 4.67. The SMILES string of the molecule is c1ccc(-n2c3ccccc3c3cc(-c4c(-c5ccncc5)c(-c5ccc6c(c5)c5ccccc5n6-c5ccccc5)c(-c5ccncc5)c(-c5ccc6c(c5)c5ccccc5n6-c5ccccc5)c4-c4ccncc4)ccc32)cc1. The van der Waals surface area contributed by atoms with E-state index in [0.29, 0.717) is 0 Å². The van der Waals surface area contributed by atoms with Crippen LogP contribution in [0.4, 0.5) is 0 Å². The highest BCUT2D eigenvalue weighted by Gasteiger charge is 2.31. The second-order valence-electron chi connectivity index (χ2n) is 20.7. The van der Waals surface area contributed by atoms with Crippen LogP contribution < -0.4 is 0 Å². The van der Waals surface area contributed by atoms with Gasteiger partial charge in [0.2, 0.25) is 0 Å². The van der Waals surface area contributed by atoms with Gasteiger partial charge in [-0.1, -0.05) is 127 Å². The zero-order chi connectivity index (χ0) is 53.4. The molecule has 0 aliphatic carbocycles. The topological polar surface area (TPSA) is 53.5 Å². The van der Waals surface area contributed by atoms with Crippen molar-refractivity contribution in [1.29, 1.82) is 0 Å². The minimum Gasteiger partial charge on any atom is -0.309 e. The summed E-state index contributed by atoms with van der Waals surface area (Å²) in [5, 5.41) is 7.05. The fourth-order valence-corrected chi connectivity index (χ4v) is 13.0. The number of nitrogens with zero attached hydrogens (tertiary/aromatic N) is 6.